The Bertz CT molecular complexity index is 684. The van der Waals surface area contributed by atoms with Crippen LogP contribution in [0.15, 0.2) is 36.9 Å². The van der Waals surface area contributed by atoms with Gasteiger partial charge in [-0.2, -0.15) is 0 Å². The van der Waals surface area contributed by atoms with Crippen LogP contribution in [0.4, 0.5) is 0 Å². The molecule has 28 heavy (non-hydrogen) atoms. The lowest BCUT2D eigenvalue weighted by Crippen LogP contribution is -2.32. The minimum atomic E-state index is -0.419. The molecule has 2 aliphatic heterocycles. The Morgan fingerprint density at radius 2 is 1.82 bits per heavy atom. The maximum atomic E-state index is 12.4. The molecule has 2 aliphatic rings. The van der Waals surface area contributed by atoms with E-state index in [-0.39, 0.29) is 18.3 Å². The van der Waals surface area contributed by atoms with Crippen LogP contribution in [-0.4, -0.2) is 56.7 Å². The molecule has 0 aliphatic carbocycles. The number of carbonyl (C=O) groups is 2. The van der Waals surface area contributed by atoms with Crippen LogP contribution in [-0.2, 0) is 23.7 Å². The number of hydrogen-bond acceptors (Lipinski definition) is 7. The second kappa shape index (κ2) is 9.71. The van der Waals surface area contributed by atoms with E-state index >= 15 is 0 Å². The molecule has 3 rings (SSSR count). The van der Waals surface area contributed by atoms with Gasteiger partial charge < -0.3 is 23.7 Å². The third-order valence-corrected chi connectivity index (χ3v) is 4.82. The largest absolute Gasteiger partial charge is 0.494 e. The zero-order valence-corrected chi connectivity index (χ0v) is 16.0. The molecule has 0 radical (unpaired) electrons. The monoisotopic (exact) mass is 390 g/mol. The highest BCUT2D eigenvalue weighted by molar-refractivity contribution is 5.89. The van der Waals surface area contributed by atoms with Gasteiger partial charge in [0.25, 0.3) is 0 Å². The second-order valence-corrected chi connectivity index (χ2v) is 6.97. The summed E-state index contributed by atoms with van der Waals surface area (Å²) < 4.78 is 27.5. The van der Waals surface area contributed by atoms with Gasteiger partial charge in [-0.05, 0) is 37.1 Å². The van der Waals surface area contributed by atoms with Crippen LogP contribution < -0.4 is 4.74 Å². The standard InChI is InChI=1S/C21H26O7/c1-3-18(22)25-11-5-4-10-24-16-8-6-15(7-9-16)21(23)28-17-13-27-19-14(2)12-26-20(17)19/h3,6-9,14,17,19-20H,1,4-5,10-13H2,2H3/t14-,17-,19?,20?/m0/s1. The van der Waals surface area contributed by atoms with Gasteiger partial charge in [0.05, 0.1) is 38.1 Å². The zero-order valence-electron chi connectivity index (χ0n) is 16.0. The van der Waals surface area contributed by atoms with Crippen molar-refractivity contribution < 1.29 is 33.3 Å². The van der Waals surface area contributed by atoms with Gasteiger partial charge >= 0.3 is 11.9 Å². The fourth-order valence-electron chi connectivity index (χ4n) is 3.27. The minimum Gasteiger partial charge on any atom is -0.494 e. The molecule has 7 nitrogen and oxygen atoms in total. The SMILES string of the molecule is C=CC(=O)OCCCCOc1ccc(C(=O)O[C@H]2COC3C2OC[C@@H]3C)cc1. The lowest BCUT2D eigenvalue weighted by molar-refractivity contribution is -0.137. The fourth-order valence-corrected chi connectivity index (χ4v) is 3.27. The van der Waals surface area contributed by atoms with E-state index in [1.165, 1.54) is 0 Å². The van der Waals surface area contributed by atoms with Crippen LogP contribution in [0.2, 0.25) is 0 Å². The molecule has 1 aromatic rings. The molecule has 2 fully saturated rings. The highest BCUT2D eigenvalue weighted by Gasteiger charge is 2.47. The molecule has 4 atom stereocenters. The molecule has 0 N–H and O–H groups in total. The van der Waals surface area contributed by atoms with Crippen molar-refractivity contribution in [3.63, 3.8) is 0 Å². The Morgan fingerprint density at radius 3 is 2.57 bits per heavy atom. The topological polar surface area (TPSA) is 80.3 Å². The van der Waals surface area contributed by atoms with Crippen molar-refractivity contribution in [1.82, 2.24) is 0 Å². The van der Waals surface area contributed by atoms with Crippen molar-refractivity contribution in [2.75, 3.05) is 26.4 Å². The van der Waals surface area contributed by atoms with Crippen LogP contribution in [0.3, 0.4) is 0 Å². The number of fused-ring (bicyclic) bond motifs is 1. The van der Waals surface area contributed by atoms with E-state index < -0.39 is 11.9 Å². The Balaban J connectivity index is 1.38. The fraction of sp³-hybridized carbons (Fsp3) is 0.524. The van der Waals surface area contributed by atoms with Gasteiger partial charge in [-0.1, -0.05) is 13.5 Å². The number of benzene rings is 1. The third-order valence-electron chi connectivity index (χ3n) is 4.82. The van der Waals surface area contributed by atoms with Crippen LogP contribution >= 0.6 is 0 Å². The highest BCUT2D eigenvalue weighted by Crippen LogP contribution is 2.32. The molecular weight excluding hydrogens is 364 g/mol. The maximum Gasteiger partial charge on any atom is 0.338 e. The van der Waals surface area contributed by atoms with Gasteiger partial charge in [0.2, 0.25) is 0 Å². The summed E-state index contributed by atoms with van der Waals surface area (Å²) in [7, 11) is 0. The summed E-state index contributed by atoms with van der Waals surface area (Å²) in [5.41, 5.74) is 0.457. The molecule has 0 aromatic heterocycles. The average Bonchev–Trinajstić information content (AvgIpc) is 3.28. The number of carbonyl (C=O) groups excluding carboxylic acids is 2. The summed E-state index contributed by atoms with van der Waals surface area (Å²) >= 11 is 0. The van der Waals surface area contributed by atoms with Crippen LogP contribution in [0.25, 0.3) is 0 Å². The number of hydrogen-bond donors (Lipinski definition) is 0. The summed E-state index contributed by atoms with van der Waals surface area (Å²) in [4.78, 5) is 23.3. The summed E-state index contributed by atoms with van der Waals surface area (Å²) in [6.45, 7) is 7.24. The van der Waals surface area contributed by atoms with E-state index in [9.17, 15) is 9.59 Å². The molecule has 0 spiro atoms. The predicted octanol–water partition coefficient (Wildman–Crippen LogP) is 2.53. The van der Waals surface area contributed by atoms with E-state index in [4.69, 9.17) is 23.7 Å². The molecular formula is C21H26O7. The zero-order chi connectivity index (χ0) is 19.9. The molecule has 0 saturated carbocycles. The van der Waals surface area contributed by atoms with E-state index in [0.717, 1.165) is 12.5 Å². The normalized spacial score (nSPS) is 25.8. The van der Waals surface area contributed by atoms with Crippen molar-refractivity contribution in [2.24, 2.45) is 5.92 Å². The quantitative estimate of drug-likeness (QED) is 0.364. The predicted molar refractivity (Wildman–Crippen MR) is 100 cm³/mol. The van der Waals surface area contributed by atoms with Gasteiger partial charge in [0, 0.05) is 12.0 Å². The van der Waals surface area contributed by atoms with E-state index in [2.05, 4.69) is 13.5 Å². The van der Waals surface area contributed by atoms with Gasteiger partial charge in [-0.15, -0.1) is 0 Å². The summed E-state index contributed by atoms with van der Waals surface area (Å²) in [6.07, 6.45) is 2.06. The van der Waals surface area contributed by atoms with Gasteiger partial charge in [-0.3, -0.25) is 0 Å². The second-order valence-electron chi connectivity index (χ2n) is 6.97. The van der Waals surface area contributed by atoms with Gasteiger partial charge in [0.1, 0.15) is 11.9 Å². The summed E-state index contributed by atoms with van der Waals surface area (Å²) in [5, 5.41) is 0. The van der Waals surface area contributed by atoms with Crippen molar-refractivity contribution in [1.29, 1.82) is 0 Å². The number of rotatable bonds is 9. The minimum absolute atomic E-state index is 0.00821. The highest BCUT2D eigenvalue weighted by atomic mass is 16.6. The number of unbranched alkanes of at least 4 members (excludes halogenated alkanes) is 1. The molecule has 1 aromatic carbocycles. The van der Waals surface area contributed by atoms with Gasteiger partial charge in [0.15, 0.2) is 6.10 Å². The smallest absolute Gasteiger partial charge is 0.338 e. The van der Waals surface area contributed by atoms with E-state index in [1.54, 1.807) is 24.3 Å². The summed E-state index contributed by atoms with van der Waals surface area (Å²) in [6, 6.07) is 6.82. The summed E-state index contributed by atoms with van der Waals surface area (Å²) in [5.74, 6) is 0.168. The molecule has 0 bridgehead atoms. The molecule has 2 unspecified atom stereocenters. The maximum absolute atomic E-state index is 12.4. The third kappa shape index (κ3) is 5.11. The number of esters is 2. The first-order valence-electron chi connectivity index (χ1n) is 9.54. The van der Waals surface area contributed by atoms with Crippen molar-refractivity contribution >= 4 is 11.9 Å². The molecule has 2 heterocycles. The van der Waals surface area contributed by atoms with E-state index in [0.29, 0.717) is 50.1 Å². The lowest BCUT2D eigenvalue weighted by atomic mass is 10.0. The lowest BCUT2D eigenvalue weighted by Gasteiger charge is -2.17. The Labute approximate surface area is 164 Å². The molecule has 2 saturated heterocycles. The molecule has 152 valence electrons. The molecule has 0 amide bonds. The van der Waals surface area contributed by atoms with Gasteiger partial charge in [-0.25, -0.2) is 9.59 Å². The Kier molecular flexibility index (Phi) is 7.06. The first-order valence-corrected chi connectivity index (χ1v) is 9.54. The Hall–Kier alpha value is -2.38. The molecule has 7 heteroatoms. The van der Waals surface area contributed by atoms with Crippen molar-refractivity contribution in [2.45, 2.75) is 38.1 Å². The van der Waals surface area contributed by atoms with Crippen LogP contribution in [0.1, 0.15) is 30.1 Å². The number of ether oxygens (including phenoxy) is 5. The van der Waals surface area contributed by atoms with Crippen molar-refractivity contribution in [3.05, 3.63) is 42.5 Å². The van der Waals surface area contributed by atoms with Crippen LogP contribution in [0.5, 0.6) is 5.75 Å². The first kappa shape index (κ1) is 20.4. The average molecular weight is 390 g/mol. The van der Waals surface area contributed by atoms with Crippen LogP contribution in [0, 0.1) is 5.92 Å². The van der Waals surface area contributed by atoms with E-state index in [1.807, 2.05) is 0 Å². The Morgan fingerprint density at radius 1 is 1.11 bits per heavy atom. The first-order chi connectivity index (χ1) is 13.6. The van der Waals surface area contributed by atoms with Crippen molar-refractivity contribution in [3.8, 4) is 5.75 Å².